The van der Waals surface area contributed by atoms with E-state index in [1.165, 1.54) is 12.3 Å². The monoisotopic (exact) mass is 343 g/mol. The second kappa shape index (κ2) is 8.14. The number of carbonyl (C=O) groups excluding carboxylic acids is 2. The number of benzene rings is 1. The summed E-state index contributed by atoms with van der Waals surface area (Å²) in [7, 11) is 0. The molecule has 0 unspecified atom stereocenters. The van der Waals surface area contributed by atoms with Gasteiger partial charge in [0.05, 0.1) is 17.5 Å². The van der Waals surface area contributed by atoms with Crippen LogP contribution in [0.25, 0.3) is 0 Å². The summed E-state index contributed by atoms with van der Waals surface area (Å²) >= 11 is 0. The number of phenolic OH excluding ortho intramolecular Hbond substituents is 1. The summed E-state index contributed by atoms with van der Waals surface area (Å²) in [6, 6.07) is 6.24. The molecule has 3 N–H and O–H groups in total. The third-order valence-electron chi connectivity index (χ3n) is 3.58. The SMILES string of the molecule is CCCC(=O)Nc1ccc(O)c(/C(C)=N/NC(=O)c2ccoc2C)c1. The topological polar surface area (TPSA) is 104 Å². The Morgan fingerprint density at radius 3 is 2.64 bits per heavy atom. The van der Waals surface area contributed by atoms with Crippen LogP contribution in [-0.2, 0) is 4.79 Å². The number of hydrogen-bond acceptors (Lipinski definition) is 5. The standard InChI is InChI=1S/C18H21N3O4/c1-4-5-17(23)19-13-6-7-16(22)15(10-13)11(2)20-21-18(24)14-8-9-25-12(14)3/h6-10,22H,4-5H2,1-3H3,(H,19,23)(H,21,24)/b20-11+. The number of amides is 2. The van der Waals surface area contributed by atoms with Crippen LogP contribution in [0.4, 0.5) is 5.69 Å². The fourth-order valence-electron chi connectivity index (χ4n) is 2.23. The summed E-state index contributed by atoms with van der Waals surface area (Å²) in [5.41, 5.74) is 4.18. The zero-order valence-corrected chi connectivity index (χ0v) is 14.4. The number of furan rings is 1. The fraction of sp³-hybridized carbons (Fsp3) is 0.278. The lowest BCUT2D eigenvalue weighted by molar-refractivity contribution is -0.116. The highest BCUT2D eigenvalue weighted by atomic mass is 16.3. The van der Waals surface area contributed by atoms with E-state index in [2.05, 4.69) is 15.8 Å². The summed E-state index contributed by atoms with van der Waals surface area (Å²) in [6.07, 6.45) is 2.59. The highest BCUT2D eigenvalue weighted by Crippen LogP contribution is 2.22. The van der Waals surface area contributed by atoms with Crippen LogP contribution >= 0.6 is 0 Å². The first-order valence-corrected chi connectivity index (χ1v) is 7.94. The van der Waals surface area contributed by atoms with E-state index < -0.39 is 5.91 Å². The van der Waals surface area contributed by atoms with Crippen molar-refractivity contribution in [2.24, 2.45) is 5.10 Å². The molecule has 1 aromatic carbocycles. The van der Waals surface area contributed by atoms with Gasteiger partial charge in [-0.05, 0) is 44.5 Å². The van der Waals surface area contributed by atoms with Crippen molar-refractivity contribution in [2.45, 2.75) is 33.6 Å². The Hall–Kier alpha value is -3.09. The van der Waals surface area contributed by atoms with Crippen LogP contribution in [-0.4, -0.2) is 22.6 Å². The molecule has 0 aliphatic heterocycles. The molecule has 2 amide bonds. The molecule has 1 heterocycles. The molecule has 132 valence electrons. The number of nitrogens with one attached hydrogen (secondary N) is 2. The van der Waals surface area contributed by atoms with Gasteiger partial charge in [0.15, 0.2) is 0 Å². The minimum absolute atomic E-state index is 0.00322. The normalized spacial score (nSPS) is 11.2. The van der Waals surface area contributed by atoms with Crippen molar-refractivity contribution in [3.63, 3.8) is 0 Å². The summed E-state index contributed by atoms with van der Waals surface area (Å²) in [5.74, 6) is -0.00715. The number of anilines is 1. The van der Waals surface area contributed by atoms with Crippen molar-refractivity contribution < 1.29 is 19.1 Å². The van der Waals surface area contributed by atoms with E-state index in [1.807, 2.05) is 6.92 Å². The highest BCUT2D eigenvalue weighted by molar-refractivity contribution is 6.04. The fourth-order valence-corrected chi connectivity index (χ4v) is 2.23. The average Bonchev–Trinajstić information content (AvgIpc) is 3.00. The van der Waals surface area contributed by atoms with Gasteiger partial charge >= 0.3 is 0 Å². The number of hydrogen-bond donors (Lipinski definition) is 3. The van der Waals surface area contributed by atoms with Gasteiger partial charge < -0.3 is 14.8 Å². The highest BCUT2D eigenvalue weighted by Gasteiger charge is 2.12. The van der Waals surface area contributed by atoms with Crippen LogP contribution in [0, 0.1) is 6.92 Å². The minimum atomic E-state index is -0.405. The number of rotatable bonds is 6. The molecular weight excluding hydrogens is 322 g/mol. The number of phenols is 1. The van der Waals surface area contributed by atoms with Crippen molar-refractivity contribution >= 4 is 23.2 Å². The molecule has 0 saturated carbocycles. The molecule has 0 atom stereocenters. The lowest BCUT2D eigenvalue weighted by atomic mass is 10.1. The molecule has 0 bridgehead atoms. The van der Waals surface area contributed by atoms with Crippen LogP contribution in [0.3, 0.4) is 0 Å². The first kappa shape index (κ1) is 18.3. The second-order valence-corrected chi connectivity index (χ2v) is 5.56. The average molecular weight is 343 g/mol. The van der Waals surface area contributed by atoms with E-state index in [1.54, 1.807) is 32.0 Å². The molecule has 2 aromatic rings. The predicted octanol–water partition coefficient (Wildman–Crippen LogP) is 3.19. The number of aryl methyl sites for hydroxylation is 1. The van der Waals surface area contributed by atoms with Crippen molar-refractivity contribution in [2.75, 3.05) is 5.32 Å². The third-order valence-corrected chi connectivity index (χ3v) is 3.58. The van der Waals surface area contributed by atoms with E-state index in [0.717, 1.165) is 6.42 Å². The summed E-state index contributed by atoms with van der Waals surface area (Å²) in [6.45, 7) is 5.25. The second-order valence-electron chi connectivity index (χ2n) is 5.56. The van der Waals surface area contributed by atoms with Gasteiger partial charge in [0.1, 0.15) is 11.5 Å². The first-order valence-electron chi connectivity index (χ1n) is 7.94. The lowest BCUT2D eigenvalue weighted by Gasteiger charge is -2.09. The molecule has 0 saturated heterocycles. The predicted molar refractivity (Wildman–Crippen MR) is 94.8 cm³/mol. The van der Waals surface area contributed by atoms with Gasteiger partial charge in [-0.25, -0.2) is 5.43 Å². The Kier molecular flexibility index (Phi) is 5.94. The Balaban J connectivity index is 2.14. The molecule has 0 spiro atoms. The summed E-state index contributed by atoms with van der Waals surface area (Å²) in [5, 5.41) is 16.8. The zero-order valence-electron chi connectivity index (χ0n) is 14.4. The summed E-state index contributed by atoms with van der Waals surface area (Å²) in [4.78, 5) is 23.7. The van der Waals surface area contributed by atoms with E-state index in [4.69, 9.17) is 4.42 Å². The van der Waals surface area contributed by atoms with E-state index in [0.29, 0.717) is 34.7 Å². The Labute approximate surface area is 145 Å². The quantitative estimate of drug-likeness (QED) is 0.426. The van der Waals surface area contributed by atoms with Gasteiger partial charge in [-0.3, -0.25) is 9.59 Å². The van der Waals surface area contributed by atoms with Crippen molar-refractivity contribution in [3.05, 3.63) is 47.4 Å². The largest absolute Gasteiger partial charge is 0.507 e. The van der Waals surface area contributed by atoms with Gasteiger partial charge in [0, 0.05) is 17.7 Å². The molecule has 7 nitrogen and oxygen atoms in total. The first-order chi connectivity index (χ1) is 11.9. The summed E-state index contributed by atoms with van der Waals surface area (Å²) < 4.78 is 5.08. The number of hydrazone groups is 1. The molecular formula is C18H21N3O4. The van der Waals surface area contributed by atoms with Gasteiger partial charge in [0.2, 0.25) is 5.91 Å². The molecule has 0 aliphatic carbocycles. The molecule has 0 radical (unpaired) electrons. The maximum atomic E-state index is 12.0. The van der Waals surface area contributed by atoms with E-state index in [-0.39, 0.29) is 11.7 Å². The molecule has 0 aliphatic rings. The molecule has 2 rings (SSSR count). The molecule has 25 heavy (non-hydrogen) atoms. The number of carbonyl (C=O) groups is 2. The molecule has 7 heteroatoms. The van der Waals surface area contributed by atoms with Gasteiger partial charge in [-0.2, -0.15) is 5.10 Å². The van der Waals surface area contributed by atoms with Crippen LogP contribution < -0.4 is 10.7 Å². The lowest BCUT2D eigenvalue weighted by Crippen LogP contribution is -2.19. The van der Waals surface area contributed by atoms with Gasteiger partial charge in [0.25, 0.3) is 5.91 Å². The van der Waals surface area contributed by atoms with Gasteiger partial charge in [-0.1, -0.05) is 6.92 Å². The van der Waals surface area contributed by atoms with Crippen molar-refractivity contribution in [3.8, 4) is 5.75 Å². The Morgan fingerprint density at radius 1 is 1.24 bits per heavy atom. The van der Waals surface area contributed by atoms with Crippen LogP contribution in [0.1, 0.15) is 48.4 Å². The Bertz CT molecular complexity index is 808. The van der Waals surface area contributed by atoms with Crippen LogP contribution in [0.5, 0.6) is 5.75 Å². The smallest absolute Gasteiger partial charge is 0.274 e. The van der Waals surface area contributed by atoms with Crippen LogP contribution in [0.2, 0.25) is 0 Å². The maximum absolute atomic E-state index is 12.0. The third kappa shape index (κ3) is 4.69. The zero-order chi connectivity index (χ0) is 18.4. The van der Waals surface area contributed by atoms with E-state index >= 15 is 0 Å². The van der Waals surface area contributed by atoms with Gasteiger partial charge in [-0.15, -0.1) is 0 Å². The van der Waals surface area contributed by atoms with Crippen molar-refractivity contribution in [1.29, 1.82) is 0 Å². The number of aromatic hydroxyl groups is 1. The number of nitrogens with zero attached hydrogens (tertiary/aromatic N) is 1. The maximum Gasteiger partial charge on any atom is 0.274 e. The van der Waals surface area contributed by atoms with Crippen molar-refractivity contribution in [1.82, 2.24) is 5.43 Å². The van der Waals surface area contributed by atoms with E-state index in [9.17, 15) is 14.7 Å². The molecule has 0 fully saturated rings. The Morgan fingerprint density at radius 2 is 2.00 bits per heavy atom. The minimum Gasteiger partial charge on any atom is -0.507 e. The molecule has 1 aromatic heterocycles. The van der Waals surface area contributed by atoms with Crippen LogP contribution in [0.15, 0.2) is 40.0 Å².